The lowest BCUT2D eigenvalue weighted by Gasteiger charge is -2.25. The van der Waals surface area contributed by atoms with Gasteiger partial charge in [-0.25, -0.2) is 4.79 Å². The number of nitrogens with zero attached hydrogens (tertiary/aromatic N) is 1. The van der Waals surface area contributed by atoms with Crippen molar-refractivity contribution in [3.05, 3.63) is 58.0 Å². The van der Waals surface area contributed by atoms with Gasteiger partial charge in [0.25, 0.3) is 11.8 Å². The van der Waals surface area contributed by atoms with Crippen molar-refractivity contribution in [1.29, 1.82) is 0 Å². The minimum absolute atomic E-state index is 0.289. The maximum absolute atomic E-state index is 13.1. The standard InChI is InChI=1S/C22H21N3O5S/c1-29-16-10-13-6-4-3-5-12(13)9-15(16)20(27)24-21-18(19(23)26)14-7-8-25(22(28)30-2)11-17(14)31-21/h3-6,9-10H,7-8,11H2,1-2H3,(H2,23,26)(H,24,27). The maximum atomic E-state index is 13.1. The van der Waals surface area contributed by atoms with Crippen LogP contribution in [0.4, 0.5) is 9.80 Å². The number of anilines is 1. The summed E-state index contributed by atoms with van der Waals surface area (Å²) in [6.45, 7) is 0.699. The summed E-state index contributed by atoms with van der Waals surface area (Å²) in [5, 5.41) is 5.03. The molecule has 2 aromatic carbocycles. The molecule has 0 aliphatic carbocycles. The fourth-order valence-electron chi connectivity index (χ4n) is 3.77. The molecule has 31 heavy (non-hydrogen) atoms. The van der Waals surface area contributed by atoms with Crippen LogP contribution < -0.4 is 15.8 Å². The zero-order chi connectivity index (χ0) is 22.1. The van der Waals surface area contributed by atoms with Crippen molar-refractivity contribution < 1.29 is 23.9 Å². The van der Waals surface area contributed by atoms with Gasteiger partial charge >= 0.3 is 6.09 Å². The number of hydrogen-bond donors (Lipinski definition) is 2. The zero-order valence-corrected chi connectivity index (χ0v) is 17.9. The number of ether oxygens (including phenoxy) is 2. The number of hydrogen-bond acceptors (Lipinski definition) is 6. The summed E-state index contributed by atoms with van der Waals surface area (Å²) in [4.78, 5) is 39.5. The first kappa shape index (κ1) is 20.7. The van der Waals surface area contributed by atoms with Gasteiger partial charge in [-0.05, 0) is 34.9 Å². The smallest absolute Gasteiger partial charge is 0.409 e. The van der Waals surface area contributed by atoms with Crippen molar-refractivity contribution in [2.75, 3.05) is 26.1 Å². The van der Waals surface area contributed by atoms with Gasteiger partial charge in [0.15, 0.2) is 0 Å². The molecule has 1 aromatic heterocycles. The van der Waals surface area contributed by atoms with Crippen molar-refractivity contribution in [2.24, 2.45) is 5.73 Å². The molecule has 0 atom stereocenters. The molecule has 0 fully saturated rings. The van der Waals surface area contributed by atoms with Gasteiger partial charge in [0.2, 0.25) is 0 Å². The predicted molar refractivity (Wildman–Crippen MR) is 118 cm³/mol. The molecule has 9 heteroatoms. The van der Waals surface area contributed by atoms with Crippen molar-refractivity contribution in [2.45, 2.75) is 13.0 Å². The summed E-state index contributed by atoms with van der Waals surface area (Å²) in [6, 6.07) is 11.2. The topological polar surface area (TPSA) is 111 Å². The van der Waals surface area contributed by atoms with Crippen LogP contribution in [0.2, 0.25) is 0 Å². The van der Waals surface area contributed by atoms with Gasteiger partial charge < -0.3 is 25.4 Å². The summed E-state index contributed by atoms with van der Waals surface area (Å²) in [5.74, 6) is -0.603. The highest BCUT2D eigenvalue weighted by Gasteiger charge is 2.30. The minimum atomic E-state index is -0.621. The normalized spacial score (nSPS) is 12.9. The number of methoxy groups -OCH3 is 2. The Morgan fingerprint density at radius 3 is 2.48 bits per heavy atom. The van der Waals surface area contributed by atoms with E-state index in [1.807, 2.05) is 24.3 Å². The average molecular weight is 439 g/mol. The Balaban J connectivity index is 1.69. The SMILES string of the molecule is COC(=O)N1CCc2c(sc(NC(=O)c3cc4ccccc4cc3OC)c2C(N)=O)C1. The van der Waals surface area contributed by atoms with Crippen LogP contribution in [0.3, 0.4) is 0 Å². The molecule has 0 spiro atoms. The molecule has 0 bridgehead atoms. The van der Waals surface area contributed by atoms with E-state index in [0.717, 1.165) is 21.2 Å². The summed E-state index contributed by atoms with van der Waals surface area (Å²) in [5.41, 5.74) is 7.03. The van der Waals surface area contributed by atoms with E-state index in [0.29, 0.717) is 35.8 Å². The molecule has 8 nitrogen and oxygen atoms in total. The van der Waals surface area contributed by atoms with E-state index in [9.17, 15) is 14.4 Å². The fraction of sp³-hybridized carbons (Fsp3) is 0.227. The number of amides is 3. The number of primary amides is 1. The van der Waals surface area contributed by atoms with E-state index in [2.05, 4.69) is 5.32 Å². The Bertz CT molecular complexity index is 1200. The van der Waals surface area contributed by atoms with E-state index in [-0.39, 0.29) is 5.56 Å². The van der Waals surface area contributed by atoms with Gasteiger partial charge in [-0.1, -0.05) is 24.3 Å². The van der Waals surface area contributed by atoms with Crippen LogP contribution in [0.15, 0.2) is 36.4 Å². The van der Waals surface area contributed by atoms with Crippen LogP contribution in [0, 0.1) is 0 Å². The molecular formula is C22H21N3O5S. The third kappa shape index (κ3) is 3.79. The van der Waals surface area contributed by atoms with Gasteiger partial charge in [0.05, 0.1) is 31.9 Å². The van der Waals surface area contributed by atoms with Crippen LogP contribution >= 0.6 is 11.3 Å². The number of carbonyl (C=O) groups excluding carboxylic acids is 3. The number of benzene rings is 2. The largest absolute Gasteiger partial charge is 0.496 e. The van der Waals surface area contributed by atoms with Crippen molar-refractivity contribution in [3.63, 3.8) is 0 Å². The highest BCUT2D eigenvalue weighted by Crippen LogP contribution is 2.38. The summed E-state index contributed by atoms with van der Waals surface area (Å²) >= 11 is 1.24. The molecular weight excluding hydrogens is 418 g/mol. The molecule has 0 radical (unpaired) electrons. The number of fused-ring (bicyclic) bond motifs is 2. The van der Waals surface area contributed by atoms with Crippen molar-refractivity contribution >= 4 is 45.0 Å². The van der Waals surface area contributed by atoms with Crippen LogP contribution in [0.5, 0.6) is 5.75 Å². The highest BCUT2D eigenvalue weighted by atomic mass is 32.1. The van der Waals surface area contributed by atoms with Gasteiger partial charge in [-0.2, -0.15) is 0 Å². The van der Waals surface area contributed by atoms with Gasteiger partial charge in [0.1, 0.15) is 10.8 Å². The Kier molecular flexibility index (Phi) is 5.51. The van der Waals surface area contributed by atoms with Gasteiger partial charge in [-0.3, -0.25) is 9.59 Å². The molecule has 3 N–H and O–H groups in total. The molecule has 4 rings (SSSR count). The van der Waals surface area contributed by atoms with Gasteiger partial charge in [0, 0.05) is 11.4 Å². The van der Waals surface area contributed by atoms with Crippen molar-refractivity contribution in [3.8, 4) is 5.75 Å². The molecule has 160 valence electrons. The number of carbonyl (C=O) groups is 3. The highest BCUT2D eigenvalue weighted by molar-refractivity contribution is 7.17. The monoisotopic (exact) mass is 439 g/mol. The lowest BCUT2D eigenvalue weighted by molar-refractivity contribution is 0.0999. The first-order chi connectivity index (χ1) is 14.9. The second-order valence-electron chi connectivity index (χ2n) is 7.07. The number of nitrogens with two attached hydrogens (primary N) is 1. The first-order valence-corrected chi connectivity index (χ1v) is 10.4. The van der Waals surface area contributed by atoms with Crippen molar-refractivity contribution in [1.82, 2.24) is 4.90 Å². The van der Waals surface area contributed by atoms with Crippen LogP contribution in [-0.4, -0.2) is 43.6 Å². The summed E-state index contributed by atoms with van der Waals surface area (Å²) in [7, 11) is 2.82. The molecule has 0 saturated heterocycles. The molecule has 0 unspecified atom stereocenters. The summed E-state index contributed by atoms with van der Waals surface area (Å²) < 4.78 is 10.2. The molecule has 0 saturated carbocycles. The van der Waals surface area contributed by atoms with Gasteiger partial charge in [-0.15, -0.1) is 11.3 Å². The van der Waals surface area contributed by atoms with Crippen LogP contribution in [-0.2, 0) is 17.7 Å². The molecule has 3 amide bonds. The Morgan fingerprint density at radius 2 is 1.84 bits per heavy atom. The Hall–Kier alpha value is -3.59. The molecule has 1 aliphatic rings. The Morgan fingerprint density at radius 1 is 1.13 bits per heavy atom. The number of nitrogens with one attached hydrogen (secondary N) is 1. The molecule has 3 aromatic rings. The average Bonchev–Trinajstić information content (AvgIpc) is 3.14. The fourth-order valence-corrected chi connectivity index (χ4v) is 5.04. The van der Waals surface area contributed by atoms with E-state index >= 15 is 0 Å². The van der Waals surface area contributed by atoms with Crippen LogP contribution in [0.1, 0.15) is 31.2 Å². The first-order valence-electron chi connectivity index (χ1n) is 9.58. The predicted octanol–water partition coefficient (Wildman–Crippen LogP) is 3.39. The number of rotatable bonds is 4. The van der Waals surface area contributed by atoms with E-state index in [1.165, 1.54) is 25.6 Å². The third-order valence-corrected chi connectivity index (χ3v) is 6.41. The van der Waals surface area contributed by atoms with E-state index in [4.69, 9.17) is 15.2 Å². The van der Waals surface area contributed by atoms with E-state index in [1.54, 1.807) is 17.0 Å². The zero-order valence-electron chi connectivity index (χ0n) is 17.1. The van der Waals surface area contributed by atoms with Crippen LogP contribution in [0.25, 0.3) is 10.8 Å². The minimum Gasteiger partial charge on any atom is -0.496 e. The third-order valence-electron chi connectivity index (χ3n) is 5.28. The lowest BCUT2D eigenvalue weighted by atomic mass is 10.0. The lowest BCUT2D eigenvalue weighted by Crippen LogP contribution is -2.35. The molecule has 2 heterocycles. The quantitative estimate of drug-likeness (QED) is 0.647. The second-order valence-corrected chi connectivity index (χ2v) is 8.17. The Labute approximate surface area is 182 Å². The molecule has 1 aliphatic heterocycles. The summed E-state index contributed by atoms with van der Waals surface area (Å²) in [6.07, 6.45) is 0.0140. The van der Waals surface area contributed by atoms with E-state index < -0.39 is 17.9 Å². The second kappa shape index (κ2) is 8.27. The number of thiophene rings is 1. The maximum Gasteiger partial charge on any atom is 0.409 e.